The van der Waals surface area contributed by atoms with Gasteiger partial charge in [-0.15, -0.1) is 0 Å². The highest BCUT2D eigenvalue weighted by atomic mass is 15.2. The van der Waals surface area contributed by atoms with Crippen molar-refractivity contribution in [3.8, 4) is 0 Å². The topological polar surface area (TPSA) is 29.9 Å². The van der Waals surface area contributed by atoms with Crippen molar-refractivity contribution in [2.45, 2.75) is 25.8 Å². The van der Waals surface area contributed by atoms with Crippen LogP contribution >= 0.6 is 0 Å². The first-order chi connectivity index (χ1) is 5.45. The molecule has 1 aromatic heterocycles. The third-order valence-electron chi connectivity index (χ3n) is 2.59. The lowest BCUT2D eigenvalue weighted by Crippen LogP contribution is -1.99. The molecule has 3 heterocycles. The van der Waals surface area contributed by atoms with Crippen LogP contribution in [-0.4, -0.2) is 16.1 Å². The zero-order valence-corrected chi connectivity index (χ0v) is 6.43. The molecule has 0 aliphatic carbocycles. The van der Waals surface area contributed by atoms with Gasteiger partial charge in [-0.2, -0.15) is 0 Å². The van der Waals surface area contributed by atoms with Crippen LogP contribution in [0.4, 0.5) is 5.82 Å². The third kappa shape index (κ3) is 0.607. The Hall–Kier alpha value is -0.990. The van der Waals surface area contributed by atoms with E-state index in [9.17, 15) is 0 Å². The lowest BCUT2D eigenvalue weighted by Gasteiger charge is -1.97. The van der Waals surface area contributed by atoms with Crippen LogP contribution in [-0.2, 0) is 19.4 Å². The SMILES string of the molecule is C1Cc2nc3c(n2C1)CCN3. The first-order valence-electron chi connectivity index (χ1n) is 4.27. The second-order valence-corrected chi connectivity index (χ2v) is 3.26. The quantitative estimate of drug-likeness (QED) is 0.591. The van der Waals surface area contributed by atoms with Gasteiger partial charge in [0, 0.05) is 25.9 Å². The average molecular weight is 149 g/mol. The molecular weight excluding hydrogens is 138 g/mol. The molecule has 3 rings (SSSR count). The monoisotopic (exact) mass is 149 g/mol. The lowest BCUT2D eigenvalue weighted by molar-refractivity contribution is 0.716. The molecule has 3 heteroatoms. The van der Waals surface area contributed by atoms with Crippen LogP contribution in [0.2, 0.25) is 0 Å². The van der Waals surface area contributed by atoms with Gasteiger partial charge >= 0.3 is 0 Å². The van der Waals surface area contributed by atoms with Crippen molar-refractivity contribution >= 4 is 5.82 Å². The van der Waals surface area contributed by atoms with E-state index in [2.05, 4.69) is 14.9 Å². The number of fused-ring (bicyclic) bond motifs is 3. The number of imidazole rings is 1. The van der Waals surface area contributed by atoms with Gasteiger partial charge in [0.2, 0.25) is 0 Å². The van der Waals surface area contributed by atoms with E-state index in [4.69, 9.17) is 0 Å². The van der Waals surface area contributed by atoms with Crippen LogP contribution < -0.4 is 5.32 Å². The van der Waals surface area contributed by atoms with Gasteiger partial charge in [-0.3, -0.25) is 0 Å². The summed E-state index contributed by atoms with van der Waals surface area (Å²) >= 11 is 0. The molecule has 0 amide bonds. The molecule has 0 saturated heterocycles. The summed E-state index contributed by atoms with van der Waals surface area (Å²) in [4.78, 5) is 4.52. The zero-order chi connectivity index (χ0) is 7.26. The second kappa shape index (κ2) is 1.78. The number of rotatable bonds is 0. The molecule has 1 aromatic rings. The van der Waals surface area contributed by atoms with Gasteiger partial charge < -0.3 is 9.88 Å². The molecule has 2 aliphatic heterocycles. The van der Waals surface area contributed by atoms with Gasteiger partial charge in [-0.1, -0.05) is 0 Å². The van der Waals surface area contributed by atoms with Crippen LogP contribution in [0.3, 0.4) is 0 Å². The van der Waals surface area contributed by atoms with Gasteiger partial charge in [-0.05, 0) is 6.42 Å². The number of nitrogens with one attached hydrogen (secondary N) is 1. The van der Waals surface area contributed by atoms with Gasteiger partial charge in [-0.25, -0.2) is 4.98 Å². The summed E-state index contributed by atoms with van der Waals surface area (Å²) < 4.78 is 2.38. The number of aryl methyl sites for hydroxylation is 1. The Bertz CT molecular complexity index is 272. The van der Waals surface area contributed by atoms with E-state index in [0.29, 0.717) is 0 Å². The Balaban J connectivity index is 2.22. The maximum atomic E-state index is 4.52. The Labute approximate surface area is 65.4 Å². The summed E-state index contributed by atoms with van der Waals surface area (Å²) in [6.07, 6.45) is 3.63. The number of hydrogen-bond donors (Lipinski definition) is 1. The molecule has 0 bridgehead atoms. The highest BCUT2D eigenvalue weighted by Gasteiger charge is 2.23. The molecule has 11 heavy (non-hydrogen) atoms. The minimum atomic E-state index is 1.08. The van der Waals surface area contributed by atoms with Gasteiger partial charge in [0.05, 0.1) is 5.69 Å². The van der Waals surface area contributed by atoms with Crippen molar-refractivity contribution in [1.82, 2.24) is 9.55 Å². The molecular formula is C8H11N3. The normalized spacial score (nSPS) is 19.6. The zero-order valence-electron chi connectivity index (χ0n) is 6.43. The molecule has 0 radical (unpaired) electrons. The molecule has 0 aromatic carbocycles. The van der Waals surface area contributed by atoms with Crippen molar-refractivity contribution in [2.75, 3.05) is 11.9 Å². The number of anilines is 1. The molecule has 58 valence electrons. The number of aromatic nitrogens is 2. The van der Waals surface area contributed by atoms with E-state index in [1.807, 2.05) is 0 Å². The van der Waals surface area contributed by atoms with Crippen LogP contribution in [0.25, 0.3) is 0 Å². The summed E-state index contributed by atoms with van der Waals surface area (Å²) in [5.74, 6) is 2.45. The summed E-state index contributed by atoms with van der Waals surface area (Å²) in [5.41, 5.74) is 1.44. The predicted octanol–water partition coefficient (Wildman–Crippen LogP) is 0.797. The van der Waals surface area contributed by atoms with Gasteiger partial charge in [0.25, 0.3) is 0 Å². The lowest BCUT2D eigenvalue weighted by atomic mass is 10.3. The van der Waals surface area contributed by atoms with E-state index < -0.39 is 0 Å². The summed E-state index contributed by atoms with van der Waals surface area (Å²) in [6.45, 7) is 2.28. The van der Waals surface area contributed by atoms with Crippen LogP contribution in [0.1, 0.15) is 17.9 Å². The van der Waals surface area contributed by atoms with Crippen molar-refractivity contribution in [1.29, 1.82) is 0 Å². The van der Waals surface area contributed by atoms with E-state index in [1.165, 1.54) is 37.3 Å². The Morgan fingerprint density at radius 1 is 1.36 bits per heavy atom. The summed E-state index contributed by atoms with van der Waals surface area (Å²) in [7, 11) is 0. The highest BCUT2D eigenvalue weighted by molar-refractivity contribution is 5.47. The first-order valence-corrected chi connectivity index (χ1v) is 4.27. The fraction of sp³-hybridized carbons (Fsp3) is 0.625. The summed E-state index contributed by atoms with van der Waals surface area (Å²) in [5, 5.41) is 3.30. The van der Waals surface area contributed by atoms with E-state index >= 15 is 0 Å². The van der Waals surface area contributed by atoms with Crippen LogP contribution in [0.15, 0.2) is 0 Å². The van der Waals surface area contributed by atoms with Crippen LogP contribution in [0, 0.1) is 0 Å². The molecule has 0 fully saturated rings. The summed E-state index contributed by atoms with van der Waals surface area (Å²) in [6, 6.07) is 0. The predicted molar refractivity (Wildman–Crippen MR) is 42.7 cm³/mol. The van der Waals surface area contributed by atoms with Gasteiger partial charge in [0.1, 0.15) is 11.6 Å². The standard InChI is InChI=1S/C8H11N3/c1-2-7-10-8-6(3-4-9-8)11(7)5-1/h9H,1-5H2. The first kappa shape index (κ1) is 5.63. The van der Waals surface area contributed by atoms with Crippen molar-refractivity contribution in [2.24, 2.45) is 0 Å². The average Bonchev–Trinajstić information content (AvgIpc) is 2.52. The number of nitrogens with zero attached hydrogens (tertiary/aromatic N) is 2. The molecule has 0 spiro atoms. The molecule has 3 nitrogen and oxygen atoms in total. The number of hydrogen-bond acceptors (Lipinski definition) is 2. The smallest absolute Gasteiger partial charge is 0.147 e. The van der Waals surface area contributed by atoms with Crippen molar-refractivity contribution < 1.29 is 0 Å². The maximum Gasteiger partial charge on any atom is 0.147 e. The minimum absolute atomic E-state index is 1.08. The highest BCUT2D eigenvalue weighted by Crippen LogP contribution is 2.27. The molecule has 0 atom stereocenters. The molecule has 2 aliphatic rings. The molecule has 0 saturated carbocycles. The minimum Gasteiger partial charge on any atom is -0.368 e. The second-order valence-electron chi connectivity index (χ2n) is 3.26. The Morgan fingerprint density at radius 3 is 3.36 bits per heavy atom. The molecule has 0 unspecified atom stereocenters. The fourth-order valence-electron chi connectivity index (χ4n) is 2.08. The van der Waals surface area contributed by atoms with Gasteiger partial charge in [0.15, 0.2) is 0 Å². The third-order valence-corrected chi connectivity index (χ3v) is 2.59. The molecule has 1 N–H and O–H groups in total. The van der Waals surface area contributed by atoms with E-state index in [1.54, 1.807) is 0 Å². The maximum absolute atomic E-state index is 4.52. The fourth-order valence-corrected chi connectivity index (χ4v) is 2.08. The van der Waals surface area contributed by atoms with Crippen molar-refractivity contribution in [3.63, 3.8) is 0 Å². The van der Waals surface area contributed by atoms with E-state index in [-0.39, 0.29) is 0 Å². The van der Waals surface area contributed by atoms with Crippen molar-refractivity contribution in [3.05, 3.63) is 11.5 Å². The van der Waals surface area contributed by atoms with Crippen LogP contribution in [0.5, 0.6) is 0 Å². The van der Waals surface area contributed by atoms with E-state index in [0.717, 1.165) is 12.4 Å². The Kier molecular flexibility index (Phi) is 0.913. The largest absolute Gasteiger partial charge is 0.368 e. The Morgan fingerprint density at radius 2 is 2.36 bits per heavy atom.